The average molecular weight is 287 g/mol. The van der Waals surface area contributed by atoms with Crippen LogP contribution in [0.5, 0.6) is 0 Å². The fourth-order valence-corrected chi connectivity index (χ4v) is 0. The van der Waals surface area contributed by atoms with E-state index >= 15 is 0 Å². The summed E-state index contributed by atoms with van der Waals surface area (Å²) in [7, 11) is 0. The third kappa shape index (κ3) is 19.8. The van der Waals surface area contributed by atoms with E-state index in [0.29, 0.717) is 0 Å². The quantitative estimate of drug-likeness (QED) is 0.509. The van der Waals surface area contributed by atoms with Crippen LogP contribution in [0.3, 0.4) is 0 Å². The maximum atomic E-state index is 7.29. The van der Waals surface area contributed by atoms with Crippen LogP contribution in [-0.2, 0) is 21.1 Å². The van der Waals surface area contributed by atoms with Gasteiger partial charge in [0.05, 0.1) is 0 Å². The van der Waals surface area contributed by atoms with Crippen LogP contribution in [0.2, 0.25) is 0 Å². The Hall–Kier alpha value is 2.87. The summed E-state index contributed by atoms with van der Waals surface area (Å²) in [6.07, 6.45) is 0. The van der Waals surface area contributed by atoms with Crippen LogP contribution in [-0.4, -0.2) is 80.9 Å². The first-order valence-corrected chi connectivity index (χ1v) is 1.46. The first kappa shape index (κ1) is 15.7. The predicted molar refractivity (Wildman–Crippen MR) is 19.9 cm³/mol. The van der Waals surface area contributed by atoms with Crippen molar-refractivity contribution in [1.82, 2.24) is 0 Å². The van der Waals surface area contributed by atoms with Gasteiger partial charge in [-0.15, -0.1) is 0 Å². The fourth-order valence-electron chi connectivity index (χ4n) is 0. The molecular weight excluding hydrogens is 285 g/mol. The molecule has 0 unspecified atom stereocenters. The van der Waals surface area contributed by atoms with Gasteiger partial charge in [-0.1, -0.05) is 0 Å². The Morgan fingerprint density at radius 3 is 1.60 bits per heavy atom. The van der Waals surface area contributed by atoms with E-state index < -0.39 is 0 Å². The molecule has 5 heavy (non-hydrogen) atoms. The van der Waals surface area contributed by atoms with Gasteiger partial charge >= 0.3 is 112 Å². The molecule has 0 saturated carbocycles. The number of rotatable bonds is 0. The molecule has 0 aromatic heterocycles. The summed E-state index contributed by atoms with van der Waals surface area (Å²) in [5, 5.41) is 7.29. The molecule has 0 aliphatic rings. The SMILES string of the molecule is N#[C][Au].[KH].[NaH]. The summed E-state index contributed by atoms with van der Waals surface area (Å²) in [6, 6.07) is 0. The van der Waals surface area contributed by atoms with E-state index in [1.165, 1.54) is 0 Å². The second-order valence-corrected chi connectivity index (χ2v) is 0.552. The van der Waals surface area contributed by atoms with E-state index in [4.69, 9.17) is 5.26 Å². The zero-order valence-corrected chi connectivity index (χ0v) is 3.42. The third-order valence-corrected chi connectivity index (χ3v) is 0. The van der Waals surface area contributed by atoms with Gasteiger partial charge in [0.1, 0.15) is 0 Å². The van der Waals surface area contributed by atoms with Crippen LogP contribution in [0.15, 0.2) is 0 Å². The van der Waals surface area contributed by atoms with Gasteiger partial charge in [0, 0.05) is 0 Å². The molecular formula is CH2AuKNNa. The van der Waals surface area contributed by atoms with E-state index in [9.17, 15) is 0 Å². The van der Waals surface area contributed by atoms with Crippen LogP contribution in [0, 0.1) is 9.55 Å². The molecule has 0 aromatic carbocycles. The first-order valence-electron chi connectivity index (χ1n) is 0.374. The van der Waals surface area contributed by atoms with Crippen molar-refractivity contribution in [3.63, 3.8) is 0 Å². The van der Waals surface area contributed by atoms with Crippen LogP contribution >= 0.6 is 0 Å². The normalized spacial score (nSPS) is 1.80. The van der Waals surface area contributed by atoms with Crippen molar-refractivity contribution in [3.8, 4) is 4.29 Å². The van der Waals surface area contributed by atoms with Crippen molar-refractivity contribution in [2.75, 3.05) is 0 Å². The van der Waals surface area contributed by atoms with Gasteiger partial charge in [0.15, 0.2) is 0 Å². The van der Waals surface area contributed by atoms with Crippen LogP contribution in [0.1, 0.15) is 0 Å². The minimum absolute atomic E-state index is 0. The Kier molecular flexibility index (Phi) is 49.5. The zero-order valence-electron chi connectivity index (χ0n) is 1.25. The summed E-state index contributed by atoms with van der Waals surface area (Å²) in [5.74, 6) is 0. The molecule has 0 amide bonds. The number of nitrogens with zero attached hydrogens (tertiary/aromatic N) is 1. The van der Waals surface area contributed by atoms with E-state index in [2.05, 4.69) is 0 Å². The topological polar surface area (TPSA) is 23.8 Å². The number of nitriles is 1. The molecule has 0 heterocycles. The van der Waals surface area contributed by atoms with Crippen molar-refractivity contribution >= 4 is 80.9 Å². The van der Waals surface area contributed by atoms with Gasteiger partial charge < -0.3 is 0 Å². The number of hydrogen-bond acceptors (Lipinski definition) is 1. The van der Waals surface area contributed by atoms with E-state index in [1.807, 2.05) is 0 Å². The molecule has 0 radical (unpaired) electrons. The van der Waals surface area contributed by atoms with Crippen LogP contribution < -0.4 is 0 Å². The monoisotopic (exact) mass is 287 g/mol. The molecule has 0 aliphatic heterocycles. The summed E-state index contributed by atoms with van der Waals surface area (Å²) < 4.78 is 1.69. The molecule has 0 bridgehead atoms. The van der Waals surface area contributed by atoms with E-state index in [-0.39, 0.29) is 80.9 Å². The van der Waals surface area contributed by atoms with Crippen molar-refractivity contribution in [1.29, 1.82) is 5.26 Å². The zero-order chi connectivity index (χ0) is 2.71. The predicted octanol–water partition coefficient (Wildman–Crippen LogP) is -1.28. The van der Waals surface area contributed by atoms with Crippen molar-refractivity contribution < 1.29 is 21.1 Å². The molecule has 0 spiro atoms. The summed E-state index contributed by atoms with van der Waals surface area (Å²) in [6.45, 7) is 0. The van der Waals surface area contributed by atoms with Crippen molar-refractivity contribution in [2.24, 2.45) is 0 Å². The number of hydrogen-bond donors (Lipinski definition) is 0. The Balaban J connectivity index is -0.0000000200. The van der Waals surface area contributed by atoms with E-state index in [0.717, 1.165) is 0 Å². The van der Waals surface area contributed by atoms with Crippen molar-refractivity contribution in [3.05, 3.63) is 0 Å². The van der Waals surface area contributed by atoms with Crippen molar-refractivity contribution in [2.45, 2.75) is 0 Å². The van der Waals surface area contributed by atoms with Gasteiger partial charge in [-0.05, 0) is 0 Å². The molecule has 0 saturated heterocycles. The molecule has 0 atom stereocenters. The molecule has 0 aromatic rings. The Morgan fingerprint density at radius 1 is 1.60 bits per heavy atom. The standard InChI is InChI=1S/CN.Au.K.Na.2H/c1-2;;;;;. The second-order valence-electron chi connectivity index (χ2n) is 0.0674. The molecule has 4 heteroatoms. The molecule has 24 valence electrons. The van der Waals surface area contributed by atoms with Gasteiger partial charge in [0.2, 0.25) is 0 Å². The fraction of sp³-hybridized carbons (Fsp3) is 0. The molecule has 0 fully saturated rings. The Bertz CT molecular complexity index is 33.1. The van der Waals surface area contributed by atoms with Crippen LogP contribution in [0.4, 0.5) is 0 Å². The Labute approximate surface area is 109 Å². The summed E-state index contributed by atoms with van der Waals surface area (Å²) in [5.41, 5.74) is 0. The molecule has 1 nitrogen and oxygen atoms in total. The molecule has 0 aliphatic carbocycles. The summed E-state index contributed by atoms with van der Waals surface area (Å²) >= 11 is 1.73. The first-order chi connectivity index (χ1) is 1.41. The van der Waals surface area contributed by atoms with Crippen LogP contribution in [0.25, 0.3) is 0 Å². The summed E-state index contributed by atoms with van der Waals surface area (Å²) in [4.78, 5) is 0. The average Bonchev–Trinajstić information content (AvgIpc) is 0.918. The van der Waals surface area contributed by atoms with Gasteiger partial charge in [-0.2, -0.15) is 0 Å². The molecule has 0 rings (SSSR count). The van der Waals surface area contributed by atoms with Gasteiger partial charge in [-0.3, -0.25) is 0 Å². The van der Waals surface area contributed by atoms with Gasteiger partial charge in [0.25, 0.3) is 0 Å². The third-order valence-electron chi connectivity index (χ3n) is 0. The second kappa shape index (κ2) is 15.8. The molecule has 0 N–H and O–H groups in total. The Morgan fingerprint density at radius 2 is 1.60 bits per heavy atom. The minimum atomic E-state index is 0. The van der Waals surface area contributed by atoms with Gasteiger partial charge in [-0.25, -0.2) is 0 Å². The maximum absolute atomic E-state index is 7.29. The van der Waals surface area contributed by atoms with E-state index in [1.54, 1.807) is 25.4 Å².